The highest BCUT2D eigenvalue weighted by atomic mass is 16.4. The van der Waals surface area contributed by atoms with Crippen LogP contribution in [0.15, 0.2) is 6.07 Å². The van der Waals surface area contributed by atoms with Crippen LogP contribution in [0.2, 0.25) is 0 Å². The number of rotatable bonds is 5. The maximum atomic E-state index is 11.4. The van der Waals surface area contributed by atoms with Crippen molar-refractivity contribution in [1.29, 1.82) is 0 Å². The lowest BCUT2D eigenvalue weighted by atomic mass is 9.74. The summed E-state index contributed by atoms with van der Waals surface area (Å²) in [6.07, 6.45) is 0. The summed E-state index contributed by atoms with van der Waals surface area (Å²) in [6.45, 7) is 13.1. The lowest BCUT2D eigenvalue weighted by Crippen LogP contribution is -2.50. The van der Waals surface area contributed by atoms with Gasteiger partial charge < -0.3 is 10.4 Å². The van der Waals surface area contributed by atoms with Gasteiger partial charge in [0, 0.05) is 23.2 Å². The quantitative estimate of drug-likeness (QED) is 0.865. The summed E-state index contributed by atoms with van der Waals surface area (Å²) in [5, 5.41) is 12.6. The number of hydrogen-bond donors (Lipinski definition) is 2. The molecule has 0 spiro atoms. The zero-order chi connectivity index (χ0) is 15.7. The minimum Gasteiger partial charge on any atom is -0.481 e. The third-order valence-corrected chi connectivity index (χ3v) is 3.93. The molecule has 0 saturated carbocycles. The topological polar surface area (TPSA) is 75.1 Å². The van der Waals surface area contributed by atoms with E-state index in [2.05, 4.69) is 15.3 Å². The molecule has 1 heterocycles. The van der Waals surface area contributed by atoms with Gasteiger partial charge in [0.05, 0.1) is 5.41 Å². The van der Waals surface area contributed by atoms with Crippen molar-refractivity contribution in [2.45, 2.75) is 59.9 Å². The largest absolute Gasteiger partial charge is 0.481 e. The van der Waals surface area contributed by atoms with Crippen LogP contribution in [-0.2, 0) is 4.79 Å². The summed E-state index contributed by atoms with van der Waals surface area (Å²) < 4.78 is 0. The number of carbonyl (C=O) groups is 1. The van der Waals surface area contributed by atoms with E-state index in [4.69, 9.17) is 0 Å². The van der Waals surface area contributed by atoms with E-state index in [1.54, 1.807) is 13.8 Å². The van der Waals surface area contributed by atoms with Crippen molar-refractivity contribution in [3.05, 3.63) is 17.6 Å². The molecule has 0 unspecified atom stereocenters. The zero-order valence-electron chi connectivity index (χ0n) is 13.4. The Morgan fingerprint density at radius 3 is 2.25 bits per heavy atom. The maximum absolute atomic E-state index is 11.4. The molecule has 0 aliphatic rings. The van der Waals surface area contributed by atoms with Crippen molar-refractivity contribution in [2.24, 2.45) is 5.41 Å². The Morgan fingerprint density at radius 1 is 1.25 bits per heavy atom. The summed E-state index contributed by atoms with van der Waals surface area (Å²) in [6, 6.07) is 1.84. The summed E-state index contributed by atoms with van der Waals surface area (Å²) in [5.74, 6) is 0.813. The molecule has 0 atom stereocenters. The standard InChI is InChI=1S/C15H25N3O2/c1-9(2)12-16-10(3)8-11(17-12)18-15(6,7)14(4,5)13(19)20/h8-9H,1-7H3,(H,19,20)(H,16,17,18). The van der Waals surface area contributed by atoms with E-state index in [0.29, 0.717) is 5.82 Å². The molecule has 0 fully saturated rings. The highest BCUT2D eigenvalue weighted by Crippen LogP contribution is 2.33. The molecule has 1 aromatic heterocycles. The Kier molecular flexibility index (Phi) is 4.42. The fourth-order valence-corrected chi connectivity index (χ4v) is 1.66. The van der Waals surface area contributed by atoms with Crippen LogP contribution in [0.25, 0.3) is 0 Å². The Hall–Kier alpha value is -1.65. The van der Waals surface area contributed by atoms with Gasteiger partial charge in [0.15, 0.2) is 0 Å². The number of carboxylic acids is 1. The second kappa shape index (κ2) is 5.38. The molecule has 5 nitrogen and oxygen atoms in total. The lowest BCUT2D eigenvalue weighted by Gasteiger charge is -2.39. The molecule has 5 heteroatoms. The third-order valence-electron chi connectivity index (χ3n) is 3.93. The Bertz CT molecular complexity index is 508. The predicted molar refractivity (Wildman–Crippen MR) is 80.0 cm³/mol. The number of aryl methyl sites for hydroxylation is 1. The van der Waals surface area contributed by atoms with Gasteiger partial charge in [-0.2, -0.15) is 0 Å². The molecule has 0 aliphatic heterocycles. The first-order valence-corrected chi connectivity index (χ1v) is 6.84. The summed E-state index contributed by atoms with van der Waals surface area (Å²) in [5.41, 5.74) is -0.701. The van der Waals surface area contributed by atoms with E-state index in [1.165, 1.54) is 0 Å². The molecule has 0 radical (unpaired) electrons. The van der Waals surface area contributed by atoms with Gasteiger partial charge in [0.1, 0.15) is 11.6 Å². The maximum Gasteiger partial charge on any atom is 0.311 e. The van der Waals surface area contributed by atoms with Crippen molar-refractivity contribution < 1.29 is 9.90 Å². The van der Waals surface area contributed by atoms with Gasteiger partial charge in [-0.1, -0.05) is 13.8 Å². The Balaban J connectivity index is 3.12. The van der Waals surface area contributed by atoms with Crippen molar-refractivity contribution >= 4 is 11.8 Å². The first kappa shape index (κ1) is 16.4. The van der Waals surface area contributed by atoms with Crippen molar-refractivity contribution in [1.82, 2.24) is 9.97 Å². The van der Waals surface area contributed by atoms with Gasteiger partial charge in [-0.3, -0.25) is 4.79 Å². The minimum atomic E-state index is -0.927. The van der Waals surface area contributed by atoms with Crippen LogP contribution in [0.1, 0.15) is 59.0 Å². The fraction of sp³-hybridized carbons (Fsp3) is 0.667. The van der Waals surface area contributed by atoms with E-state index >= 15 is 0 Å². The summed E-state index contributed by atoms with van der Waals surface area (Å²) in [4.78, 5) is 20.3. The fourth-order valence-electron chi connectivity index (χ4n) is 1.66. The molecule has 0 amide bonds. The molecular formula is C15H25N3O2. The second-order valence-corrected chi connectivity index (χ2v) is 6.59. The Labute approximate surface area is 120 Å². The molecule has 112 valence electrons. The molecule has 0 saturated heterocycles. The van der Waals surface area contributed by atoms with Gasteiger partial charge in [0.2, 0.25) is 0 Å². The number of carboxylic acid groups (broad SMARTS) is 1. The number of anilines is 1. The SMILES string of the molecule is Cc1cc(NC(C)(C)C(C)(C)C(=O)O)nc(C(C)C)n1. The van der Waals surface area contributed by atoms with Crippen molar-refractivity contribution in [2.75, 3.05) is 5.32 Å². The molecule has 2 N–H and O–H groups in total. The lowest BCUT2D eigenvalue weighted by molar-refractivity contribution is -0.149. The van der Waals surface area contributed by atoms with Crippen LogP contribution in [0.5, 0.6) is 0 Å². The van der Waals surface area contributed by atoms with Crippen molar-refractivity contribution in [3.8, 4) is 0 Å². The van der Waals surface area contributed by atoms with E-state index in [0.717, 1.165) is 11.5 Å². The van der Waals surface area contributed by atoms with Gasteiger partial charge in [0.25, 0.3) is 0 Å². The molecule has 0 aromatic carbocycles. The minimum absolute atomic E-state index is 0.228. The normalized spacial score (nSPS) is 12.6. The van der Waals surface area contributed by atoms with Gasteiger partial charge in [-0.05, 0) is 34.6 Å². The van der Waals surface area contributed by atoms with E-state index in [1.807, 2.05) is 40.7 Å². The van der Waals surface area contributed by atoms with Crippen LogP contribution in [-0.4, -0.2) is 26.6 Å². The van der Waals surface area contributed by atoms with E-state index in [-0.39, 0.29) is 5.92 Å². The van der Waals surface area contributed by atoms with Crippen LogP contribution in [0.3, 0.4) is 0 Å². The molecule has 20 heavy (non-hydrogen) atoms. The first-order valence-electron chi connectivity index (χ1n) is 6.84. The van der Waals surface area contributed by atoms with Crippen LogP contribution in [0.4, 0.5) is 5.82 Å². The number of nitrogens with one attached hydrogen (secondary N) is 1. The number of hydrogen-bond acceptors (Lipinski definition) is 4. The smallest absolute Gasteiger partial charge is 0.311 e. The third kappa shape index (κ3) is 3.26. The van der Waals surface area contributed by atoms with Crippen molar-refractivity contribution in [3.63, 3.8) is 0 Å². The highest BCUT2D eigenvalue weighted by Gasteiger charge is 2.43. The van der Waals surface area contributed by atoms with Gasteiger partial charge in [-0.25, -0.2) is 9.97 Å². The molecule has 1 aromatic rings. The number of nitrogens with zero attached hydrogens (tertiary/aromatic N) is 2. The van der Waals surface area contributed by atoms with Crippen LogP contribution in [0, 0.1) is 12.3 Å². The van der Waals surface area contributed by atoms with E-state index < -0.39 is 16.9 Å². The summed E-state index contributed by atoms with van der Waals surface area (Å²) in [7, 11) is 0. The monoisotopic (exact) mass is 279 g/mol. The molecular weight excluding hydrogens is 254 g/mol. The number of aliphatic carboxylic acids is 1. The zero-order valence-corrected chi connectivity index (χ0v) is 13.4. The van der Waals surface area contributed by atoms with Gasteiger partial charge >= 0.3 is 5.97 Å². The van der Waals surface area contributed by atoms with E-state index in [9.17, 15) is 9.90 Å². The number of aromatic nitrogens is 2. The Morgan fingerprint density at radius 2 is 1.80 bits per heavy atom. The first-order chi connectivity index (χ1) is 8.97. The molecule has 0 bridgehead atoms. The average Bonchev–Trinajstić information content (AvgIpc) is 2.26. The van der Waals surface area contributed by atoms with Crippen LogP contribution >= 0.6 is 0 Å². The van der Waals surface area contributed by atoms with Crippen LogP contribution < -0.4 is 5.32 Å². The molecule has 1 rings (SSSR count). The highest BCUT2D eigenvalue weighted by molar-refractivity contribution is 5.76. The van der Waals surface area contributed by atoms with Gasteiger partial charge in [-0.15, -0.1) is 0 Å². The summed E-state index contributed by atoms with van der Waals surface area (Å²) >= 11 is 0. The second-order valence-electron chi connectivity index (χ2n) is 6.59. The average molecular weight is 279 g/mol. The predicted octanol–water partition coefficient (Wildman–Crippen LogP) is 3.21. The molecule has 0 aliphatic carbocycles.